The van der Waals surface area contributed by atoms with Crippen LogP contribution in [0.3, 0.4) is 0 Å². The van der Waals surface area contributed by atoms with E-state index in [1.54, 1.807) is 18.2 Å². The van der Waals surface area contributed by atoms with Crippen LogP contribution in [0.25, 0.3) is 0 Å². The monoisotopic (exact) mass is 395 g/mol. The average Bonchev–Trinajstić information content (AvgIpc) is 2.69. The molecule has 2 fully saturated rings. The molecule has 7 heteroatoms. The maximum atomic E-state index is 13.4. The second-order valence-electron chi connectivity index (χ2n) is 7.23. The molecule has 2 aromatic rings. The number of halogens is 4. The number of rotatable bonds is 2. The quantitative estimate of drug-likeness (QED) is 0.742. The summed E-state index contributed by atoms with van der Waals surface area (Å²) in [6, 6.07) is 11.5. The second-order valence-corrected chi connectivity index (χ2v) is 7.23. The summed E-state index contributed by atoms with van der Waals surface area (Å²) in [6.45, 7) is 1.20. The Labute approximate surface area is 160 Å². The van der Waals surface area contributed by atoms with Gasteiger partial charge in [-0.05, 0) is 35.7 Å². The van der Waals surface area contributed by atoms with Crippen molar-refractivity contribution >= 4 is 0 Å². The Morgan fingerprint density at radius 3 is 2.43 bits per heavy atom. The third kappa shape index (κ3) is 3.66. The molecule has 28 heavy (non-hydrogen) atoms. The van der Waals surface area contributed by atoms with Crippen molar-refractivity contribution in [2.75, 3.05) is 19.8 Å². The van der Waals surface area contributed by atoms with Crippen molar-refractivity contribution in [1.29, 1.82) is 0 Å². The van der Waals surface area contributed by atoms with Gasteiger partial charge in [0.05, 0.1) is 24.8 Å². The molecule has 0 aromatic heterocycles. The van der Waals surface area contributed by atoms with Crippen LogP contribution in [0.5, 0.6) is 0 Å². The molecule has 0 radical (unpaired) electrons. The summed E-state index contributed by atoms with van der Waals surface area (Å²) < 4.78 is 65.4. The Hall–Kier alpha value is -1.96. The lowest BCUT2D eigenvalue weighted by Crippen LogP contribution is -2.56. The minimum Gasteiger partial charge on any atom is -0.347 e. The van der Waals surface area contributed by atoms with Crippen molar-refractivity contribution in [3.05, 3.63) is 71.0 Å². The van der Waals surface area contributed by atoms with Crippen LogP contribution in [0.2, 0.25) is 0 Å². The molecule has 2 aliphatic heterocycles. The number of hydrogen-bond acceptors (Lipinski definition) is 3. The summed E-state index contributed by atoms with van der Waals surface area (Å²) in [7, 11) is 0. The molecule has 3 nitrogen and oxygen atoms in total. The van der Waals surface area contributed by atoms with E-state index in [9.17, 15) is 17.6 Å². The van der Waals surface area contributed by atoms with Crippen LogP contribution in [0.1, 0.15) is 41.5 Å². The summed E-state index contributed by atoms with van der Waals surface area (Å²) in [5.74, 6) is -1.65. The van der Waals surface area contributed by atoms with Crippen LogP contribution in [0.4, 0.5) is 17.6 Å². The Morgan fingerprint density at radius 2 is 1.75 bits per heavy atom. The van der Waals surface area contributed by atoms with E-state index in [0.29, 0.717) is 26.0 Å². The SMILES string of the molecule is Fc1ccc([C@@H]2NCCOC23CC[C@H](c2ccccc2C(F)(F)F)CO3)cc1. The first kappa shape index (κ1) is 19.4. The van der Waals surface area contributed by atoms with Gasteiger partial charge in [0.2, 0.25) is 0 Å². The highest BCUT2D eigenvalue weighted by atomic mass is 19.4. The molecule has 3 atom stereocenters. The summed E-state index contributed by atoms with van der Waals surface area (Å²) >= 11 is 0. The third-order valence-corrected chi connectivity index (χ3v) is 5.52. The highest BCUT2D eigenvalue weighted by Crippen LogP contribution is 2.45. The van der Waals surface area contributed by atoms with Gasteiger partial charge >= 0.3 is 6.18 Å². The van der Waals surface area contributed by atoms with Crippen molar-refractivity contribution < 1.29 is 27.0 Å². The van der Waals surface area contributed by atoms with Crippen LogP contribution in [0.15, 0.2) is 48.5 Å². The van der Waals surface area contributed by atoms with Crippen molar-refractivity contribution in [3.8, 4) is 0 Å². The smallest absolute Gasteiger partial charge is 0.347 e. The fraction of sp³-hybridized carbons (Fsp3) is 0.429. The first-order valence-corrected chi connectivity index (χ1v) is 9.32. The zero-order chi connectivity index (χ0) is 19.8. The zero-order valence-corrected chi connectivity index (χ0v) is 15.1. The lowest BCUT2D eigenvalue weighted by atomic mass is 9.83. The van der Waals surface area contributed by atoms with Crippen molar-refractivity contribution in [1.82, 2.24) is 5.32 Å². The van der Waals surface area contributed by atoms with Crippen LogP contribution in [-0.2, 0) is 15.7 Å². The number of alkyl halides is 3. The van der Waals surface area contributed by atoms with E-state index in [1.165, 1.54) is 24.3 Å². The van der Waals surface area contributed by atoms with Crippen LogP contribution < -0.4 is 5.32 Å². The molecule has 0 bridgehead atoms. The Morgan fingerprint density at radius 1 is 1.00 bits per heavy atom. The molecule has 0 amide bonds. The van der Waals surface area contributed by atoms with E-state index in [0.717, 1.165) is 11.6 Å². The highest BCUT2D eigenvalue weighted by molar-refractivity contribution is 5.33. The Kier molecular flexibility index (Phi) is 5.16. The van der Waals surface area contributed by atoms with E-state index in [-0.39, 0.29) is 29.9 Å². The molecule has 4 rings (SSSR count). The molecule has 150 valence electrons. The predicted molar refractivity (Wildman–Crippen MR) is 95.2 cm³/mol. The summed E-state index contributed by atoms with van der Waals surface area (Å²) in [5, 5.41) is 3.35. The molecule has 1 spiro atoms. The van der Waals surface area contributed by atoms with Gasteiger partial charge in [-0.1, -0.05) is 30.3 Å². The molecule has 2 aliphatic rings. The molecular weight excluding hydrogens is 374 g/mol. The van der Waals surface area contributed by atoms with Gasteiger partial charge in [0.15, 0.2) is 5.79 Å². The van der Waals surface area contributed by atoms with Gasteiger partial charge in [0.25, 0.3) is 0 Å². The largest absolute Gasteiger partial charge is 0.416 e. The first-order chi connectivity index (χ1) is 13.4. The van der Waals surface area contributed by atoms with E-state index in [4.69, 9.17) is 9.47 Å². The maximum Gasteiger partial charge on any atom is 0.416 e. The molecule has 0 saturated carbocycles. The number of hydrogen-bond donors (Lipinski definition) is 1. The normalized spacial score (nSPS) is 28.4. The summed E-state index contributed by atoms with van der Waals surface area (Å²) in [4.78, 5) is 0. The van der Waals surface area contributed by atoms with Gasteiger partial charge in [-0.25, -0.2) is 4.39 Å². The summed E-state index contributed by atoms with van der Waals surface area (Å²) in [6.07, 6.45) is -3.45. The van der Waals surface area contributed by atoms with Crippen LogP contribution >= 0.6 is 0 Å². The minimum atomic E-state index is -4.40. The maximum absolute atomic E-state index is 13.4. The van der Waals surface area contributed by atoms with Crippen molar-refractivity contribution in [2.24, 2.45) is 0 Å². The van der Waals surface area contributed by atoms with Gasteiger partial charge in [-0.15, -0.1) is 0 Å². The molecule has 1 unspecified atom stereocenters. The fourth-order valence-corrected chi connectivity index (χ4v) is 4.16. The van der Waals surface area contributed by atoms with Crippen molar-refractivity contribution in [3.63, 3.8) is 0 Å². The van der Waals surface area contributed by atoms with Crippen molar-refractivity contribution in [2.45, 2.75) is 36.8 Å². The minimum absolute atomic E-state index is 0.131. The van der Waals surface area contributed by atoms with E-state index in [1.807, 2.05) is 0 Å². The van der Waals surface area contributed by atoms with Gasteiger partial charge in [0, 0.05) is 18.9 Å². The van der Waals surface area contributed by atoms with Crippen LogP contribution in [-0.4, -0.2) is 25.5 Å². The number of ether oxygens (including phenoxy) is 2. The topological polar surface area (TPSA) is 30.5 Å². The molecule has 0 aliphatic carbocycles. The standard InChI is InChI=1S/C21H21F4NO2/c22-16-7-5-14(6-8-16)19-20(27-12-11-26-19)10-9-15(13-28-20)17-3-1-2-4-18(17)21(23,24)25/h1-8,15,19,26H,9-13H2/t15-,19-,20?/m0/s1. The van der Waals surface area contributed by atoms with Gasteiger partial charge in [-0.3, -0.25) is 0 Å². The second kappa shape index (κ2) is 7.46. The van der Waals surface area contributed by atoms with E-state index < -0.39 is 17.5 Å². The van der Waals surface area contributed by atoms with Gasteiger partial charge in [-0.2, -0.15) is 13.2 Å². The summed E-state index contributed by atoms with van der Waals surface area (Å²) in [5.41, 5.74) is 0.472. The molecule has 2 saturated heterocycles. The Bertz CT molecular complexity index is 814. The molecule has 2 heterocycles. The lowest BCUT2D eigenvalue weighted by molar-refractivity contribution is -0.289. The van der Waals surface area contributed by atoms with E-state index >= 15 is 0 Å². The third-order valence-electron chi connectivity index (χ3n) is 5.52. The first-order valence-electron chi connectivity index (χ1n) is 9.32. The van der Waals surface area contributed by atoms with Gasteiger partial charge < -0.3 is 14.8 Å². The van der Waals surface area contributed by atoms with Crippen LogP contribution in [0, 0.1) is 5.82 Å². The number of nitrogens with one attached hydrogen (secondary N) is 1. The van der Waals surface area contributed by atoms with E-state index in [2.05, 4.69) is 5.32 Å². The molecule has 2 aromatic carbocycles. The zero-order valence-electron chi connectivity index (χ0n) is 15.1. The fourth-order valence-electron chi connectivity index (χ4n) is 4.16. The Balaban J connectivity index is 1.56. The highest BCUT2D eigenvalue weighted by Gasteiger charge is 2.48. The van der Waals surface area contributed by atoms with Gasteiger partial charge in [0.1, 0.15) is 5.82 Å². The lowest BCUT2D eigenvalue weighted by Gasteiger charge is -2.48. The average molecular weight is 395 g/mol. The number of benzene rings is 2. The molecule has 1 N–H and O–H groups in total. The number of morpholine rings is 1. The predicted octanol–water partition coefficient (Wildman–Crippen LogP) is 4.80. The molecular formula is C21H21F4NO2.